The fourth-order valence-electron chi connectivity index (χ4n) is 0.416. The smallest absolute Gasteiger partial charge is 0.324 e. The van der Waals surface area contributed by atoms with Crippen molar-refractivity contribution < 1.29 is 9.90 Å². The lowest BCUT2D eigenvalue weighted by Crippen LogP contribution is -2.47. The summed E-state index contributed by atoms with van der Waals surface area (Å²) in [7, 11) is 0. The van der Waals surface area contributed by atoms with Crippen molar-refractivity contribution in [2.24, 2.45) is 5.73 Å². The summed E-state index contributed by atoms with van der Waals surface area (Å²) in [6.45, 7) is 5.02. The lowest BCUT2D eigenvalue weighted by molar-refractivity contribution is -0.141. The van der Waals surface area contributed by atoms with Gasteiger partial charge in [-0.25, -0.2) is 0 Å². The van der Waals surface area contributed by atoms with E-state index in [4.69, 9.17) is 10.8 Å². The average molecular weight is 175 g/mol. The summed E-state index contributed by atoms with van der Waals surface area (Å²) in [5.41, 5.74) is 4.33. The molecular formula is C7H13NO2S. The first-order valence-corrected chi connectivity index (χ1v) is 4.37. The number of rotatable bonds is 5. The molecule has 0 aromatic rings. The van der Waals surface area contributed by atoms with Crippen molar-refractivity contribution in [1.82, 2.24) is 0 Å². The van der Waals surface area contributed by atoms with E-state index in [0.29, 0.717) is 5.75 Å². The molecule has 0 fully saturated rings. The number of aliphatic carboxylic acids is 1. The standard InChI is InChI=1S/C7H13NO2S/c1-3-4-11-5-7(2,8)6(9)10/h3H,1,4-5,8H2,2H3,(H,9,10)/t7-/m0/s1. The summed E-state index contributed by atoms with van der Waals surface area (Å²) >= 11 is 1.46. The first kappa shape index (κ1) is 10.5. The molecule has 0 rings (SSSR count). The van der Waals surface area contributed by atoms with E-state index in [1.54, 1.807) is 6.08 Å². The number of carboxylic acids is 1. The maximum atomic E-state index is 10.5. The van der Waals surface area contributed by atoms with Gasteiger partial charge in [-0.15, -0.1) is 6.58 Å². The first-order valence-electron chi connectivity index (χ1n) is 3.21. The Morgan fingerprint density at radius 2 is 2.45 bits per heavy atom. The highest BCUT2D eigenvalue weighted by Gasteiger charge is 2.26. The van der Waals surface area contributed by atoms with Gasteiger partial charge in [0.15, 0.2) is 0 Å². The third-order valence-electron chi connectivity index (χ3n) is 1.13. The third kappa shape index (κ3) is 4.06. The van der Waals surface area contributed by atoms with Gasteiger partial charge in [-0.05, 0) is 6.92 Å². The van der Waals surface area contributed by atoms with Gasteiger partial charge in [0.1, 0.15) is 5.54 Å². The molecule has 0 aromatic heterocycles. The zero-order valence-electron chi connectivity index (χ0n) is 6.54. The second-order valence-electron chi connectivity index (χ2n) is 2.53. The van der Waals surface area contributed by atoms with Crippen LogP contribution in [-0.2, 0) is 4.79 Å². The maximum absolute atomic E-state index is 10.5. The summed E-state index contributed by atoms with van der Waals surface area (Å²) in [5.74, 6) is 0.183. The molecule has 0 bridgehead atoms. The Balaban J connectivity index is 3.72. The van der Waals surface area contributed by atoms with E-state index in [0.717, 1.165) is 5.75 Å². The molecule has 0 aliphatic rings. The van der Waals surface area contributed by atoms with Crippen molar-refractivity contribution in [2.45, 2.75) is 12.5 Å². The highest BCUT2D eigenvalue weighted by Crippen LogP contribution is 2.10. The Morgan fingerprint density at radius 3 is 2.82 bits per heavy atom. The Bertz CT molecular complexity index is 157. The van der Waals surface area contributed by atoms with Gasteiger partial charge in [0.05, 0.1) is 0 Å². The van der Waals surface area contributed by atoms with Gasteiger partial charge in [0, 0.05) is 11.5 Å². The van der Waals surface area contributed by atoms with Gasteiger partial charge in [-0.2, -0.15) is 11.8 Å². The summed E-state index contributed by atoms with van der Waals surface area (Å²) in [5, 5.41) is 8.58. The minimum absolute atomic E-state index is 0.411. The van der Waals surface area contributed by atoms with Crippen molar-refractivity contribution >= 4 is 17.7 Å². The number of carbonyl (C=O) groups is 1. The molecule has 0 aromatic carbocycles. The molecular weight excluding hydrogens is 162 g/mol. The van der Waals surface area contributed by atoms with Crippen LogP contribution < -0.4 is 5.73 Å². The number of hydrogen-bond acceptors (Lipinski definition) is 3. The van der Waals surface area contributed by atoms with Crippen LogP contribution in [0.3, 0.4) is 0 Å². The van der Waals surface area contributed by atoms with Gasteiger partial charge in [0.2, 0.25) is 0 Å². The zero-order chi connectivity index (χ0) is 8.91. The molecule has 0 amide bonds. The van der Waals surface area contributed by atoms with E-state index in [1.807, 2.05) is 0 Å². The van der Waals surface area contributed by atoms with Crippen molar-refractivity contribution in [3.8, 4) is 0 Å². The summed E-state index contributed by atoms with van der Waals surface area (Å²) < 4.78 is 0. The molecule has 1 atom stereocenters. The van der Waals surface area contributed by atoms with Crippen LogP contribution in [0.25, 0.3) is 0 Å². The lowest BCUT2D eigenvalue weighted by atomic mass is 10.1. The van der Waals surface area contributed by atoms with Gasteiger partial charge in [0.25, 0.3) is 0 Å². The van der Waals surface area contributed by atoms with Crippen LogP contribution in [0.4, 0.5) is 0 Å². The molecule has 64 valence electrons. The van der Waals surface area contributed by atoms with Gasteiger partial charge < -0.3 is 10.8 Å². The number of carboxylic acid groups (broad SMARTS) is 1. The fraction of sp³-hybridized carbons (Fsp3) is 0.571. The Morgan fingerprint density at radius 1 is 1.91 bits per heavy atom. The molecule has 0 unspecified atom stereocenters. The summed E-state index contributed by atoms with van der Waals surface area (Å²) in [6, 6.07) is 0. The second-order valence-corrected chi connectivity index (χ2v) is 3.56. The minimum Gasteiger partial charge on any atom is -0.480 e. The SMILES string of the molecule is C=CCSC[C@](C)(N)C(=O)O. The van der Waals surface area contributed by atoms with E-state index in [-0.39, 0.29) is 0 Å². The van der Waals surface area contributed by atoms with Crippen LogP contribution in [0.5, 0.6) is 0 Å². The van der Waals surface area contributed by atoms with Crippen LogP contribution >= 0.6 is 11.8 Å². The van der Waals surface area contributed by atoms with E-state index < -0.39 is 11.5 Å². The van der Waals surface area contributed by atoms with Crippen LogP contribution in [-0.4, -0.2) is 28.1 Å². The predicted octanol–water partition coefficient (Wildman–Crippen LogP) is 0.708. The highest BCUT2D eigenvalue weighted by molar-refractivity contribution is 7.99. The molecule has 11 heavy (non-hydrogen) atoms. The van der Waals surface area contributed by atoms with Crippen molar-refractivity contribution in [1.29, 1.82) is 0 Å². The molecule has 0 aliphatic heterocycles. The monoisotopic (exact) mass is 175 g/mol. The van der Waals surface area contributed by atoms with Gasteiger partial charge in [-0.3, -0.25) is 4.79 Å². The Hall–Kier alpha value is -0.480. The van der Waals surface area contributed by atoms with Gasteiger partial charge in [-0.1, -0.05) is 6.08 Å². The zero-order valence-corrected chi connectivity index (χ0v) is 7.36. The number of thioether (sulfide) groups is 1. The first-order chi connectivity index (χ1) is 5.00. The van der Waals surface area contributed by atoms with Crippen molar-refractivity contribution in [2.75, 3.05) is 11.5 Å². The minimum atomic E-state index is -1.12. The molecule has 0 saturated heterocycles. The van der Waals surface area contributed by atoms with Crippen LogP contribution in [0.2, 0.25) is 0 Å². The van der Waals surface area contributed by atoms with Crippen molar-refractivity contribution in [3.63, 3.8) is 0 Å². The largest absolute Gasteiger partial charge is 0.480 e. The molecule has 4 heteroatoms. The van der Waals surface area contributed by atoms with E-state index >= 15 is 0 Å². The van der Waals surface area contributed by atoms with Crippen molar-refractivity contribution in [3.05, 3.63) is 12.7 Å². The molecule has 0 aliphatic carbocycles. The molecule has 3 nitrogen and oxygen atoms in total. The molecule has 3 N–H and O–H groups in total. The van der Waals surface area contributed by atoms with Crippen LogP contribution in [0.15, 0.2) is 12.7 Å². The van der Waals surface area contributed by atoms with E-state index in [2.05, 4.69) is 6.58 Å². The maximum Gasteiger partial charge on any atom is 0.324 e. The van der Waals surface area contributed by atoms with Crippen LogP contribution in [0, 0.1) is 0 Å². The molecule has 0 saturated carbocycles. The highest BCUT2D eigenvalue weighted by atomic mass is 32.2. The molecule has 0 radical (unpaired) electrons. The number of hydrogen-bond donors (Lipinski definition) is 2. The topological polar surface area (TPSA) is 63.3 Å². The third-order valence-corrected chi connectivity index (χ3v) is 2.40. The van der Waals surface area contributed by atoms with E-state index in [1.165, 1.54) is 18.7 Å². The fourth-order valence-corrected chi connectivity index (χ4v) is 1.25. The van der Waals surface area contributed by atoms with Gasteiger partial charge >= 0.3 is 5.97 Å². The number of nitrogens with two attached hydrogens (primary N) is 1. The van der Waals surface area contributed by atoms with E-state index in [9.17, 15) is 4.79 Å². The quantitative estimate of drug-likeness (QED) is 0.477. The predicted molar refractivity (Wildman–Crippen MR) is 47.8 cm³/mol. The lowest BCUT2D eigenvalue weighted by Gasteiger charge is -2.17. The Kier molecular flexibility index (Phi) is 4.22. The molecule has 0 spiro atoms. The second kappa shape index (κ2) is 4.41. The Labute approximate surface area is 70.7 Å². The summed E-state index contributed by atoms with van der Waals surface area (Å²) in [4.78, 5) is 10.5. The van der Waals surface area contributed by atoms with Crippen LogP contribution in [0.1, 0.15) is 6.92 Å². The normalized spacial score (nSPS) is 15.5. The summed E-state index contributed by atoms with van der Waals surface area (Å²) in [6.07, 6.45) is 1.72. The molecule has 0 heterocycles. The average Bonchev–Trinajstić information content (AvgIpc) is 1.88.